The van der Waals surface area contributed by atoms with Gasteiger partial charge in [0.2, 0.25) is 0 Å². The van der Waals surface area contributed by atoms with Crippen LogP contribution in [0.15, 0.2) is 12.2 Å². The van der Waals surface area contributed by atoms with Crippen molar-refractivity contribution in [2.45, 2.75) is 51.7 Å². The molecule has 0 rings (SSSR count). The highest BCUT2D eigenvalue weighted by Crippen LogP contribution is 2.13. The second-order valence-corrected chi connectivity index (χ2v) is 5.23. The van der Waals surface area contributed by atoms with Crippen LogP contribution in [-0.2, 0) is 9.59 Å². The molecule has 0 aromatic rings. The van der Waals surface area contributed by atoms with Gasteiger partial charge in [-0.1, -0.05) is 19.4 Å². The van der Waals surface area contributed by atoms with Crippen LogP contribution in [-0.4, -0.2) is 16.8 Å². The van der Waals surface area contributed by atoms with Gasteiger partial charge in [0.15, 0.2) is 0 Å². The minimum Gasteiger partial charge on any atom is -0.300 e. The fourth-order valence-corrected chi connectivity index (χ4v) is 1.73. The van der Waals surface area contributed by atoms with E-state index in [-0.39, 0.29) is 22.7 Å². The van der Waals surface area contributed by atoms with Gasteiger partial charge in [0, 0.05) is 18.8 Å². The third-order valence-corrected chi connectivity index (χ3v) is 2.94. The number of Topliss-reactive ketones (excluding diaryl/α,β-unsaturated/α-hetero) is 2. The Morgan fingerprint density at radius 2 is 1.75 bits per heavy atom. The lowest BCUT2D eigenvalue weighted by atomic mass is 10.0. The largest absolute Gasteiger partial charge is 0.300 e. The molecule has 0 radical (unpaired) electrons. The van der Waals surface area contributed by atoms with Crippen LogP contribution in [0.1, 0.15) is 46.5 Å². The van der Waals surface area contributed by atoms with Gasteiger partial charge in [-0.25, -0.2) is 0 Å². The van der Waals surface area contributed by atoms with Crippen molar-refractivity contribution in [2.24, 2.45) is 5.92 Å². The van der Waals surface area contributed by atoms with Gasteiger partial charge >= 0.3 is 0 Å². The van der Waals surface area contributed by atoms with E-state index in [2.05, 4.69) is 19.2 Å². The first kappa shape index (κ1) is 15.4. The SMILES string of the molecule is C=C(C)CCC(=O)CCC(S)C(=O)C(C)C. The number of allylic oxidation sites excluding steroid dienone is 1. The molecule has 0 aliphatic heterocycles. The molecule has 3 heteroatoms. The first-order valence-corrected chi connectivity index (χ1v) is 6.24. The molecular formula is C13H22O2S. The summed E-state index contributed by atoms with van der Waals surface area (Å²) in [5, 5.41) is -0.297. The summed E-state index contributed by atoms with van der Waals surface area (Å²) in [5.74, 6) is 0.308. The van der Waals surface area contributed by atoms with E-state index in [1.165, 1.54) is 0 Å². The van der Waals surface area contributed by atoms with E-state index in [1.54, 1.807) is 0 Å². The molecule has 1 unspecified atom stereocenters. The van der Waals surface area contributed by atoms with Gasteiger partial charge in [-0.2, -0.15) is 12.6 Å². The van der Waals surface area contributed by atoms with Crippen LogP contribution in [0.25, 0.3) is 0 Å². The van der Waals surface area contributed by atoms with Crippen LogP contribution in [0.3, 0.4) is 0 Å². The van der Waals surface area contributed by atoms with E-state index < -0.39 is 0 Å². The second-order valence-electron chi connectivity index (χ2n) is 4.61. The summed E-state index contributed by atoms with van der Waals surface area (Å²) >= 11 is 4.23. The zero-order valence-electron chi connectivity index (χ0n) is 10.5. The molecular weight excluding hydrogens is 220 g/mol. The molecule has 0 fully saturated rings. The summed E-state index contributed by atoms with van der Waals surface area (Å²) < 4.78 is 0. The maximum Gasteiger partial charge on any atom is 0.148 e. The molecule has 0 aromatic heterocycles. The maximum absolute atomic E-state index is 11.5. The van der Waals surface area contributed by atoms with Gasteiger partial charge in [0.05, 0.1) is 5.25 Å². The fourth-order valence-electron chi connectivity index (χ4n) is 1.30. The van der Waals surface area contributed by atoms with Crippen molar-refractivity contribution >= 4 is 24.2 Å². The van der Waals surface area contributed by atoms with E-state index in [0.29, 0.717) is 19.3 Å². The zero-order chi connectivity index (χ0) is 12.7. The van der Waals surface area contributed by atoms with Crippen LogP contribution in [0.4, 0.5) is 0 Å². The Kier molecular flexibility index (Phi) is 7.39. The van der Waals surface area contributed by atoms with Gasteiger partial charge in [0.1, 0.15) is 11.6 Å². The Bertz CT molecular complexity index is 269. The monoisotopic (exact) mass is 242 g/mol. The van der Waals surface area contributed by atoms with E-state index in [1.807, 2.05) is 20.8 Å². The Morgan fingerprint density at radius 3 is 2.19 bits per heavy atom. The van der Waals surface area contributed by atoms with Crippen LogP contribution in [0, 0.1) is 5.92 Å². The lowest BCUT2D eigenvalue weighted by Gasteiger charge is -2.11. The molecule has 0 saturated heterocycles. The highest BCUT2D eigenvalue weighted by atomic mass is 32.1. The summed E-state index contributed by atoms with van der Waals surface area (Å²) in [6.07, 6.45) is 2.27. The molecule has 0 heterocycles. The van der Waals surface area contributed by atoms with E-state index >= 15 is 0 Å². The minimum absolute atomic E-state index is 0.00646. The maximum atomic E-state index is 11.5. The van der Waals surface area contributed by atoms with E-state index in [0.717, 1.165) is 12.0 Å². The van der Waals surface area contributed by atoms with Crippen molar-refractivity contribution in [1.29, 1.82) is 0 Å². The third-order valence-electron chi connectivity index (χ3n) is 2.42. The molecule has 0 spiro atoms. The molecule has 16 heavy (non-hydrogen) atoms. The average Bonchev–Trinajstić information content (AvgIpc) is 2.21. The fraction of sp³-hybridized carbons (Fsp3) is 0.692. The second kappa shape index (κ2) is 7.66. The lowest BCUT2D eigenvalue weighted by Crippen LogP contribution is -2.21. The highest BCUT2D eigenvalue weighted by molar-refractivity contribution is 7.81. The number of hydrogen-bond donors (Lipinski definition) is 1. The Morgan fingerprint density at radius 1 is 1.19 bits per heavy atom. The minimum atomic E-state index is -0.297. The molecule has 0 N–H and O–H groups in total. The van der Waals surface area contributed by atoms with Crippen molar-refractivity contribution in [3.8, 4) is 0 Å². The van der Waals surface area contributed by atoms with Crippen molar-refractivity contribution < 1.29 is 9.59 Å². The van der Waals surface area contributed by atoms with Gasteiger partial charge in [-0.05, 0) is 19.8 Å². The molecule has 92 valence electrons. The highest BCUT2D eigenvalue weighted by Gasteiger charge is 2.18. The normalized spacial score (nSPS) is 12.6. The van der Waals surface area contributed by atoms with Crippen molar-refractivity contribution in [2.75, 3.05) is 0 Å². The number of thiol groups is 1. The summed E-state index contributed by atoms with van der Waals surface area (Å²) in [7, 11) is 0. The van der Waals surface area contributed by atoms with E-state index in [9.17, 15) is 9.59 Å². The molecule has 0 aliphatic carbocycles. The van der Waals surface area contributed by atoms with Crippen molar-refractivity contribution in [3.63, 3.8) is 0 Å². The molecule has 0 bridgehead atoms. The Hall–Kier alpha value is -0.570. The molecule has 2 nitrogen and oxygen atoms in total. The smallest absolute Gasteiger partial charge is 0.148 e. The summed E-state index contributed by atoms with van der Waals surface area (Å²) in [4.78, 5) is 23.0. The first-order chi connectivity index (χ1) is 7.34. The van der Waals surface area contributed by atoms with Gasteiger partial charge in [-0.15, -0.1) is 6.58 Å². The summed E-state index contributed by atoms with van der Waals surface area (Å²) in [5.41, 5.74) is 1.02. The van der Waals surface area contributed by atoms with Gasteiger partial charge in [-0.3, -0.25) is 9.59 Å². The quantitative estimate of drug-likeness (QED) is 0.524. The standard InChI is InChI=1S/C13H22O2S/c1-9(2)5-6-11(14)7-8-12(16)13(15)10(3)4/h10,12,16H,1,5-8H2,2-4H3. The predicted molar refractivity (Wildman–Crippen MR) is 70.9 cm³/mol. The summed E-state index contributed by atoms with van der Waals surface area (Å²) in [6.45, 7) is 9.38. The number of carbonyl (C=O) groups is 2. The third kappa shape index (κ3) is 6.83. The number of rotatable bonds is 8. The van der Waals surface area contributed by atoms with Gasteiger partial charge in [0.25, 0.3) is 0 Å². The Labute approximate surface area is 104 Å². The van der Waals surface area contributed by atoms with E-state index in [4.69, 9.17) is 0 Å². The first-order valence-electron chi connectivity index (χ1n) is 5.72. The topological polar surface area (TPSA) is 34.1 Å². The van der Waals surface area contributed by atoms with Crippen molar-refractivity contribution in [1.82, 2.24) is 0 Å². The number of ketones is 2. The number of hydrogen-bond acceptors (Lipinski definition) is 3. The van der Waals surface area contributed by atoms with Crippen molar-refractivity contribution in [3.05, 3.63) is 12.2 Å². The zero-order valence-corrected chi connectivity index (χ0v) is 11.3. The molecule has 0 aromatic carbocycles. The van der Waals surface area contributed by atoms with Crippen LogP contribution < -0.4 is 0 Å². The number of carbonyl (C=O) groups excluding carboxylic acids is 2. The Balaban J connectivity index is 3.83. The van der Waals surface area contributed by atoms with Crippen LogP contribution in [0.5, 0.6) is 0 Å². The molecule has 0 amide bonds. The lowest BCUT2D eigenvalue weighted by molar-refractivity contribution is -0.121. The molecule has 0 saturated carbocycles. The average molecular weight is 242 g/mol. The molecule has 1 atom stereocenters. The van der Waals surface area contributed by atoms with Crippen LogP contribution >= 0.6 is 12.6 Å². The van der Waals surface area contributed by atoms with Gasteiger partial charge < -0.3 is 0 Å². The summed E-state index contributed by atoms with van der Waals surface area (Å²) in [6, 6.07) is 0. The predicted octanol–water partition coefficient (Wildman–Crippen LogP) is 3.22. The van der Waals surface area contributed by atoms with Crippen LogP contribution in [0.2, 0.25) is 0 Å². The molecule has 0 aliphatic rings.